The van der Waals surface area contributed by atoms with Crippen LogP contribution in [-0.4, -0.2) is 54.1 Å². The van der Waals surface area contributed by atoms with Gasteiger partial charge < -0.3 is 14.7 Å². The maximum atomic E-state index is 12.2. The third-order valence-electron chi connectivity index (χ3n) is 5.31. The molecule has 2 aromatic carbocycles. The van der Waals surface area contributed by atoms with Gasteiger partial charge in [0.15, 0.2) is 0 Å². The van der Waals surface area contributed by atoms with Gasteiger partial charge in [0.25, 0.3) is 0 Å². The first-order chi connectivity index (χ1) is 12.2. The zero-order valence-electron chi connectivity index (χ0n) is 14.6. The molecule has 0 unspecified atom stereocenters. The summed E-state index contributed by atoms with van der Waals surface area (Å²) in [5.74, 6) is 1.73. The molecule has 2 fully saturated rings. The van der Waals surface area contributed by atoms with E-state index in [0.717, 1.165) is 61.1 Å². The summed E-state index contributed by atoms with van der Waals surface area (Å²) in [5.41, 5.74) is 0.929. The van der Waals surface area contributed by atoms with Gasteiger partial charge in [0.2, 0.25) is 5.91 Å². The SMILES string of the molecule is COc1ccc2ccc(O)c(CN3CCN(C(=O)C4CC4)CC3)c2c1. The van der Waals surface area contributed by atoms with E-state index in [9.17, 15) is 9.90 Å². The van der Waals surface area contributed by atoms with E-state index in [4.69, 9.17) is 4.74 Å². The minimum atomic E-state index is 0.293. The summed E-state index contributed by atoms with van der Waals surface area (Å²) in [6, 6.07) is 9.63. The number of phenolic OH excluding ortho intramolecular Hbond substituents is 1. The molecule has 1 aliphatic carbocycles. The zero-order valence-corrected chi connectivity index (χ0v) is 14.6. The van der Waals surface area contributed by atoms with Crippen LogP contribution in [-0.2, 0) is 11.3 Å². The molecule has 1 aliphatic heterocycles. The Morgan fingerprint density at radius 1 is 1.16 bits per heavy atom. The number of amides is 1. The molecule has 1 amide bonds. The molecule has 0 radical (unpaired) electrons. The van der Waals surface area contributed by atoms with Crippen LogP contribution in [0.3, 0.4) is 0 Å². The van der Waals surface area contributed by atoms with Crippen molar-refractivity contribution in [1.29, 1.82) is 0 Å². The van der Waals surface area contributed by atoms with Crippen LogP contribution < -0.4 is 4.74 Å². The zero-order chi connectivity index (χ0) is 17.4. The number of ether oxygens (including phenoxy) is 1. The summed E-state index contributed by atoms with van der Waals surface area (Å²) >= 11 is 0. The molecular weight excluding hydrogens is 316 g/mol. The number of nitrogens with zero attached hydrogens (tertiary/aromatic N) is 2. The molecule has 4 rings (SSSR count). The van der Waals surface area contributed by atoms with Gasteiger partial charge in [-0.3, -0.25) is 9.69 Å². The Morgan fingerprint density at radius 3 is 2.56 bits per heavy atom. The van der Waals surface area contributed by atoms with Crippen molar-refractivity contribution in [3.63, 3.8) is 0 Å². The van der Waals surface area contributed by atoms with E-state index >= 15 is 0 Å². The molecule has 5 heteroatoms. The molecule has 1 saturated heterocycles. The highest BCUT2D eigenvalue weighted by atomic mass is 16.5. The van der Waals surface area contributed by atoms with Gasteiger partial charge in [-0.15, -0.1) is 0 Å². The summed E-state index contributed by atoms with van der Waals surface area (Å²) in [5, 5.41) is 12.5. The minimum Gasteiger partial charge on any atom is -0.508 e. The second kappa shape index (κ2) is 6.56. The molecule has 0 aromatic heterocycles. The fraction of sp³-hybridized carbons (Fsp3) is 0.450. The Kier molecular flexibility index (Phi) is 4.25. The number of piperazine rings is 1. The first-order valence-electron chi connectivity index (χ1n) is 8.95. The number of carbonyl (C=O) groups is 1. The van der Waals surface area contributed by atoms with E-state index < -0.39 is 0 Å². The van der Waals surface area contributed by atoms with Gasteiger partial charge in [-0.25, -0.2) is 0 Å². The first kappa shape index (κ1) is 16.2. The second-order valence-corrected chi connectivity index (χ2v) is 7.03. The van der Waals surface area contributed by atoms with Crippen molar-refractivity contribution in [2.45, 2.75) is 19.4 Å². The van der Waals surface area contributed by atoms with E-state index in [1.807, 2.05) is 29.2 Å². The summed E-state index contributed by atoms with van der Waals surface area (Å²) in [7, 11) is 1.65. The van der Waals surface area contributed by atoms with Crippen molar-refractivity contribution in [1.82, 2.24) is 9.80 Å². The fourth-order valence-electron chi connectivity index (χ4n) is 3.58. The predicted octanol–water partition coefficient (Wildman–Crippen LogP) is 2.61. The molecule has 0 spiro atoms. The van der Waals surface area contributed by atoms with Gasteiger partial charge in [0, 0.05) is 44.2 Å². The van der Waals surface area contributed by atoms with Gasteiger partial charge in [-0.2, -0.15) is 0 Å². The maximum absolute atomic E-state index is 12.2. The van der Waals surface area contributed by atoms with E-state index in [0.29, 0.717) is 24.1 Å². The van der Waals surface area contributed by atoms with Crippen LogP contribution >= 0.6 is 0 Å². The van der Waals surface area contributed by atoms with Crippen molar-refractivity contribution in [3.8, 4) is 11.5 Å². The molecule has 2 aliphatic rings. The first-order valence-corrected chi connectivity index (χ1v) is 8.95. The van der Waals surface area contributed by atoms with Gasteiger partial charge in [0.05, 0.1) is 7.11 Å². The lowest BCUT2D eigenvalue weighted by Crippen LogP contribution is -2.48. The molecule has 1 heterocycles. The van der Waals surface area contributed by atoms with Crippen molar-refractivity contribution >= 4 is 16.7 Å². The lowest BCUT2D eigenvalue weighted by Gasteiger charge is -2.35. The highest BCUT2D eigenvalue weighted by Gasteiger charge is 2.34. The molecule has 0 atom stereocenters. The van der Waals surface area contributed by atoms with Gasteiger partial charge >= 0.3 is 0 Å². The second-order valence-electron chi connectivity index (χ2n) is 7.03. The number of benzene rings is 2. The average Bonchev–Trinajstić information content (AvgIpc) is 3.49. The van der Waals surface area contributed by atoms with Crippen LogP contribution in [0.1, 0.15) is 18.4 Å². The minimum absolute atomic E-state index is 0.293. The lowest BCUT2D eigenvalue weighted by atomic mass is 10.0. The van der Waals surface area contributed by atoms with Crippen LogP contribution in [0.25, 0.3) is 10.8 Å². The van der Waals surface area contributed by atoms with E-state index in [1.54, 1.807) is 13.2 Å². The standard InChI is InChI=1S/C20H24N2O3/c1-25-16-6-4-14-5-7-19(23)18(17(14)12-16)13-21-8-10-22(11-9-21)20(24)15-2-3-15/h4-7,12,15,23H,2-3,8-11,13H2,1H3. The van der Waals surface area contributed by atoms with Crippen LogP contribution in [0.5, 0.6) is 11.5 Å². The van der Waals surface area contributed by atoms with Crippen molar-refractivity contribution in [2.75, 3.05) is 33.3 Å². The van der Waals surface area contributed by atoms with Crippen molar-refractivity contribution in [2.24, 2.45) is 5.92 Å². The number of methoxy groups -OCH3 is 1. The van der Waals surface area contributed by atoms with Crippen LogP contribution in [0.4, 0.5) is 0 Å². The number of phenols is 1. The number of carbonyl (C=O) groups excluding carboxylic acids is 1. The highest BCUT2D eigenvalue weighted by molar-refractivity contribution is 5.89. The average molecular weight is 340 g/mol. The molecular formula is C20H24N2O3. The largest absolute Gasteiger partial charge is 0.508 e. The van der Waals surface area contributed by atoms with Crippen LogP contribution in [0.2, 0.25) is 0 Å². The molecule has 0 bridgehead atoms. The van der Waals surface area contributed by atoms with Gasteiger partial charge in [-0.1, -0.05) is 12.1 Å². The van der Waals surface area contributed by atoms with E-state index in [-0.39, 0.29) is 0 Å². The Labute approximate surface area is 147 Å². The van der Waals surface area contributed by atoms with E-state index in [2.05, 4.69) is 4.90 Å². The molecule has 2 aromatic rings. The van der Waals surface area contributed by atoms with Crippen molar-refractivity contribution in [3.05, 3.63) is 35.9 Å². The molecule has 1 N–H and O–H groups in total. The third-order valence-corrected chi connectivity index (χ3v) is 5.31. The molecule has 1 saturated carbocycles. The molecule has 132 valence electrons. The molecule has 5 nitrogen and oxygen atoms in total. The quantitative estimate of drug-likeness (QED) is 0.930. The lowest BCUT2D eigenvalue weighted by molar-refractivity contribution is -0.134. The Balaban J connectivity index is 1.50. The van der Waals surface area contributed by atoms with Crippen molar-refractivity contribution < 1.29 is 14.6 Å². The third kappa shape index (κ3) is 3.29. The Hall–Kier alpha value is -2.27. The van der Waals surface area contributed by atoms with Gasteiger partial charge in [0.1, 0.15) is 11.5 Å². The maximum Gasteiger partial charge on any atom is 0.225 e. The van der Waals surface area contributed by atoms with E-state index in [1.165, 1.54) is 0 Å². The normalized spacial score (nSPS) is 18.5. The number of hydrogen-bond acceptors (Lipinski definition) is 4. The Morgan fingerprint density at radius 2 is 1.88 bits per heavy atom. The number of hydrogen-bond donors (Lipinski definition) is 1. The summed E-state index contributed by atoms with van der Waals surface area (Å²) in [4.78, 5) is 16.5. The summed E-state index contributed by atoms with van der Waals surface area (Å²) in [6.45, 7) is 3.94. The summed E-state index contributed by atoms with van der Waals surface area (Å²) in [6.07, 6.45) is 2.12. The predicted molar refractivity (Wildman–Crippen MR) is 96.7 cm³/mol. The van der Waals surface area contributed by atoms with Crippen LogP contribution in [0.15, 0.2) is 30.3 Å². The molecule has 25 heavy (non-hydrogen) atoms. The Bertz CT molecular complexity index is 793. The number of fused-ring (bicyclic) bond motifs is 1. The smallest absolute Gasteiger partial charge is 0.225 e. The summed E-state index contributed by atoms with van der Waals surface area (Å²) < 4.78 is 5.34. The monoisotopic (exact) mass is 340 g/mol. The highest BCUT2D eigenvalue weighted by Crippen LogP contribution is 2.33. The van der Waals surface area contributed by atoms with Gasteiger partial charge in [-0.05, 0) is 41.8 Å². The number of rotatable bonds is 4. The fourth-order valence-corrected chi connectivity index (χ4v) is 3.58. The number of aromatic hydroxyl groups is 1. The van der Waals surface area contributed by atoms with Crippen LogP contribution in [0, 0.1) is 5.92 Å². The topological polar surface area (TPSA) is 53.0 Å².